The van der Waals surface area contributed by atoms with Gasteiger partial charge in [-0.1, -0.05) is 77.4 Å². The number of Topliss-reactive ketones (excluding diaryl/α,β-unsaturated/α-hetero) is 1. The second-order valence-corrected chi connectivity index (χ2v) is 16.7. The van der Waals surface area contributed by atoms with E-state index in [2.05, 4.69) is 48.5 Å². The summed E-state index contributed by atoms with van der Waals surface area (Å²) in [6.45, 7) is 16.0. The minimum Gasteiger partial charge on any atom is -0.460 e. The lowest BCUT2D eigenvalue weighted by molar-refractivity contribution is -0.186. The molecule has 0 radical (unpaired) electrons. The van der Waals surface area contributed by atoms with Crippen molar-refractivity contribution in [3.05, 3.63) is 47.5 Å². The molecule has 5 heteroatoms. The summed E-state index contributed by atoms with van der Waals surface area (Å²) in [5.74, 6) is 0.452. The van der Waals surface area contributed by atoms with Gasteiger partial charge in [-0.05, 0) is 91.6 Å². The Bertz CT molecular complexity index is 1390. The number of allylic oxidation sites excluding steroid dienone is 2. The monoisotopic (exact) mass is 572 g/mol. The van der Waals surface area contributed by atoms with Crippen LogP contribution in [0.5, 0.6) is 0 Å². The largest absolute Gasteiger partial charge is 0.460 e. The third kappa shape index (κ3) is 3.49. The van der Waals surface area contributed by atoms with E-state index in [1.807, 2.05) is 36.4 Å². The van der Waals surface area contributed by atoms with Gasteiger partial charge < -0.3 is 9.47 Å². The molecule has 3 unspecified atom stereocenters. The van der Waals surface area contributed by atoms with Crippen LogP contribution < -0.4 is 0 Å². The average molecular weight is 573 g/mol. The number of ether oxygens (including phenoxy) is 2. The summed E-state index contributed by atoms with van der Waals surface area (Å²) < 4.78 is 12.1. The number of rotatable bonds is 3. The first-order valence-corrected chi connectivity index (χ1v) is 16.3. The number of carbonyl (C=O) groups is 3. The van der Waals surface area contributed by atoms with Gasteiger partial charge in [0.2, 0.25) is 0 Å². The Hall–Kier alpha value is -2.27. The van der Waals surface area contributed by atoms with Crippen LogP contribution in [0.1, 0.15) is 99.0 Å². The SMILES string of the molecule is CC1(C)C(=O)[C@@H]2O[C@@H]2[C@@]2(C)C1CC[C@]1(C)C2C(=O)C=C2C3C[C@@](C)(C(=O)OCc4ccccc4)CC[C@]3(C)CC[C@]21C. The van der Waals surface area contributed by atoms with Crippen LogP contribution in [0.3, 0.4) is 0 Å². The van der Waals surface area contributed by atoms with Gasteiger partial charge in [0.05, 0.1) is 11.5 Å². The molecule has 42 heavy (non-hydrogen) atoms. The molecule has 5 aliphatic carbocycles. The Kier molecular flexibility index (Phi) is 5.88. The zero-order valence-corrected chi connectivity index (χ0v) is 26.5. The molecule has 10 atom stereocenters. The molecule has 226 valence electrons. The van der Waals surface area contributed by atoms with E-state index < -0.39 is 10.8 Å². The maximum Gasteiger partial charge on any atom is 0.312 e. The Morgan fingerprint density at radius 1 is 0.929 bits per heavy atom. The second-order valence-electron chi connectivity index (χ2n) is 16.7. The minimum atomic E-state index is -0.578. The van der Waals surface area contributed by atoms with Crippen molar-refractivity contribution in [2.45, 2.75) is 112 Å². The summed E-state index contributed by atoms with van der Waals surface area (Å²) in [6.07, 6.45) is 8.06. The van der Waals surface area contributed by atoms with Gasteiger partial charge in [-0.3, -0.25) is 14.4 Å². The van der Waals surface area contributed by atoms with E-state index in [9.17, 15) is 14.4 Å². The van der Waals surface area contributed by atoms with E-state index in [4.69, 9.17) is 9.47 Å². The van der Waals surface area contributed by atoms with Crippen LogP contribution in [0.4, 0.5) is 0 Å². The van der Waals surface area contributed by atoms with Gasteiger partial charge in [0.25, 0.3) is 0 Å². The van der Waals surface area contributed by atoms with Gasteiger partial charge in [0.1, 0.15) is 12.7 Å². The third-order valence-electron chi connectivity index (χ3n) is 14.3. The maximum atomic E-state index is 14.6. The Morgan fingerprint density at radius 3 is 2.33 bits per heavy atom. The number of benzene rings is 1. The highest BCUT2D eigenvalue weighted by molar-refractivity contribution is 5.98. The summed E-state index contributed by atoms with van der Waals surface area (Å²) in [7, 11) is 0. The first-order valence-electron chi connectivity index (χ1n) is 16.3. The zero-order chi connectivity index (χ0) is 30.1. The van der Waals surface area contributed by atoms with Crippen molar-refractivity contribution in [1.29, 1.82) is 0 Å². The van der Waals surface area contributed by atoms with Crippen molar-refractivity contribution in [3.63, 3.8) is 0 Å². The maximum absolute atomic E-state index is 14.6. The lowest BCUT2D eigenvalue weighted by Crippen LogP contribution is -2.68. The summed E-state index contributed by atoms with van der Waals surface area (Å²) in [5, 5.41) is 0. The molecule has 5 fully saturated rings. The fraction of sp³-hybridized carbons (Fsp3) is 0.703. The molecule has 0 bridgehead atoms. The zero-order valence-electron chi connectivity index (χ0n) is 26.5. The van der Waals surface area contributed by atoms with E-state index in [1.165, 1.54) is 5.57 Å². The first-order chi connectivity index (χ1) is 19.6. The van der Waals surface area contributed by atoms with Crippen LogP contribution in [-0.2, 0) is 30.5 Å². The fourth-order valence-corrected chi connectivity index (χ4v) is 11.4. The van der Waals surface area contributed by atoms with Crippen molar-refractivity contribution in [2.75, 3.05) is 0 Å². The number of ketones is 2. The lowest BCUT2D eigenvalue weighted by atomic mass is 9.33. The summed E-state index contributed by atoms with van der Waals surface area (Å²) in [6, 6.07) is 9.88. The highest BCUT2D eigenvalue weighted by Crippen LogP contribution is 2.76. The molecule has 1 heterocycles. The molecule has 1 aliphatic heterocycles. The number of hydrogen-bond acceptors (Lipinski definition) is 5. The summed E-state index contributed by atoms with van der Waals surface area (Å²) in [5.41, 5.74) is 0.545. The highest BCUT2D eigenvalue weighted by Gasteiger charge is 2.77. The molecule has 1 aromatic rings. The van der Waals surface area contributed by atoms with Gasteiger partial charge >= 0.3 is 5.97 Å². The molecule has 1 aromatic carbocycles. The molecule has 0 spiro atoms. The molecule has 0 aromatic heterocycles. The standard InChI is InChI=1S/C37H48O5/c1-32(2)26-13-14-36(6)28(37(26,7)30-27(42-30)29(32)39)25(38)19-23-24-20-34(4,16-15-33(24,3)17-18-35(23,36)5)31(40)41-21-22-11-9-8-10-12-22/h8-12,19,24,26-28,30H,13-18,20-21H2,1-7H3/t24?,26?,27-,28?,30-,33+,34-,35+,36+,37-/m0/s1. The molecule has 1 saturated heterocycles. The van der Waals surface area contributed by atoms with Crippen LogP contribution >= 0.6 is 0 Å². The van der Waals surface area contributed by atoms with E-state index >= 15 is 0 Å². The number of fused-ring (bicyclic) bond motifs is 9. The van der Waals surface area contributed by atoms with Crippen LogP contribution in [0.15, 0.2) is 42.0 Å². The molecule has 0 N–H and O–H groups in total. The smallest absolute Gasteiger partial charge is 0.312 e. The van der Waals surface area contributed by atoms with Crippen LogP contribution in [0, 0.1) is 50.2 Å². The predicted molar refractivity (Wildman–Crippen MR) is 160 cm³/mol. The van der Waals surface area contributed by atoms with Gasteiger partial charge in [-0.25, -0.2) is 0 Å². The molecule has 6 aliphatic rings. The summed E-state index contributed by atoms with van der Waals surface area (Å²) >= 11 is 0. The number of carbonyl (C=O) groups excluding carboxylic acids is 3. The Balaban J connectivity index is 1.24. The van der Waals surface area contributed by atoms with Gasteiger partial charge in [0.15, 0.2) is 11.6 Å². The molecular weight excluding hydrogens is 524 g/mol. The van der Waals surface area contributed by atoms with E-state index in [1.54, 1.807) is 0 Å². The number of epoxide rings is 1. The first kappa shape index (κ1) is 28.5. The van der Waals surface area contributed by atoms with Crippen LogP contribution in [0.2, 0.25) is 0 Å². The molecular formula is C37H48O5. The van der Waals surface area contributed by atoms with Gasteiger partial charge in [-0.2, -0.15) is 0 Å². The average Bonchev–Trinajstić information content (AvgIpc) is 3.75. The minimum absolute atomic E-state index is 0.0685. The number of esters is 1. The Labute approximate surface area is 251 Å². The molecule has 7 rings (SSSR count). The number of hydrogen-bond donors (Lipinski definition) is 0. The quantitative estimate of drug-likeness (QED) is 0.281. The topological polar surface area (TPSA) is 73.0 Å². The van der Waals surface area contributed by atoms with Crippen molar-refractivity contribution in [1.82, 2.24) is 0 Å². The van der Waals surface area contributed by atoms with Crippen molar-refractivity contribution in [2.24, 2.45) is 50.2 Å². The molecule has 4 saturated carbocycles. The van der Waals surface area contributed by atoms with Crippen molar-refractivity contribution >= 4 is 17.5 Å². The van der Waals surface area contributed by atoms with Crippen LogP contribution in [-0.4, -0.2) is 29.7 Å². The Morgan fingerprint density at radius 2 is 1.62 bits per heavy atom. The van der Waals surface area contributed by atoms with Gasteiger partial charge in [0, 0.05) is 16.7 Å². The second kappa shape index (κ2) is 8.67. The van der Waals surface area contributed by atoms with E-state index in [-0.39, 0.29) is 69.2 Å². The molecule has 0 amide bonds. The van der Waals surface area contributed by atoms with Crippen molar-refractivity contribution in [3.8, 4) is 0 Å². The fourth-order valence-electron chi connectivity index (χ4n) is 11.4. The predicted octanol–water partition coefficient (Wildman–Crippen LogP) is 7.27. The lowest BCUT2D eigenvalue weighted by Gasteiger charge is -2.69. The van der Waals surface area contributed by atoms with Gasteiger partial charge in [-0.15, -0.1) is 0 Å². The van der Waals surface area contributed by atoms with E-state index in [0.29, 0.717) is 6.61 Å². The third-order valence-corrected chi connectivity index (χ3v) is 14.3. The van der Waals surface area contributed by atoms with Crippen molar-refractivity contribution < 1.29 is 23.9 Å². The van der Waals surface area contributed by atoms with E-state index in [0.717, 1.165) is 50.5 Å². The molecule has 5 nitrogen and oxygen atoms in total. The van der Waals surface area contributed by atoms with Crippen LogP contribution in [0.25, 0.3) is 0 Å². The normalized spacial score (nSPS) is 48.5. The summed E-state index contributed by atoms with van der Waals surface area (Å²) in [4.78, 5) is 41.5. The highest BCUT2D eigenvalue weighted by atomic mass is 16.6.